The van der Waals surface area contributed by atoms with Crippen LogP contribution in [0.2, 0.25) is 0 Å². The second-order valence-corrected chi connectivity index (χ2v) is 3.52. The van der Waals surface area contributed by atoms with Gasteiger partial charge in [-0.2, -0.15) is 0 Å². The van der Waals surface area contributed by atoms with Crippen LogP contribution < -0.4 is 5.73 Å². The molecule has 0 saturated heterocycles. The Morgan fingerprint density at radius 3 is 3.25 bits per heavy atom. The molecule has 0 saturated carbocycles. The van der Waals surface area contributed by atoms with E-state index in [1.165, 1.54) is 30.4 Å². The van der Waals surface area contributed by atoms with Crippen LogP contribution in [0.25, 0.3) is 0 Å². The Hall–Kier alpha value is -0.760. The van der Waals surface area contributed by atoms with Gasteiger partial charge in [-0.05, 0) is 49.3 Å². The summed E-state index contributed by atoms with van der Waals surface area (Å²) in [4.78, 5) is 0. The predicted octanol–water partition coefficient (Wildman–Crippen LogP) is 2.05. The van der Waals surface area contributed by atoms with Crippen molar-refractivity contribution in [2.75, 3.05) is 6.54 Å². The largest absolute Gasteiger partial charge is 0.472 e. The van der Waals surface area contributed by atoms with Crippen LogP contribution in [0.1, 0.15) is 36.3 Å². The zero-order valence-electron chi connectivity index (χ0n) is 7.25. The van der Waals surface area contributed by atoms with Crippen molar-refractivity contribution in [1.29, 1.82) is 0 Å². The third kappa shape index (κ3) is 1.27. The van der Waals surface area contributed by atoms with E-state index in [-0.39, 0.29) is 0 Å². The molecule has 2 rings (SSSR count). The summed E-state index contributed by atoms with van der Waals surface area (Å²) in [6, 6.07) is 0. The molecule has 0 aromatic carbocycles. The number of nitrogens with two attached hydrogens (primary N) is 1. The predicted molar refractivity (Wildman–Crippen MR) is 48.1 cm³/mol. The Kier molecular flexibility index (Phi) is 2.17. The molecule has 0 amide bonds. The molecule has 1 aromatic rings. The van der Waals surface area contributed by atoms with E-state index in [4.69, 9.17) is 10.2 Å². The summed E-state index contributed by atoms with van der Waals surface area (Å²) < 4.78 is 5.20. The van der Waals surface area contributed by atoms with Crippen LogP contribution in [0, 0.1) is 0 Å². The Balaban J connectivity index is 2.19. The van der Waals surface area contributed by atoms with Gasteiger partial charge in [0.25, 0.3) is 0 Å². The van der Waals surface area contributed by atoms with E-state index in [2.05, 4.69) is 0 Å². The van der Waals surface area contributed by atoms with E-state index in [0.29, 0.717) is 5.92 Å². The first-order chi connectivity index (χ1) is 5.92. The summed E-state index contributed by atoms with van der Waals surface area (Å²) in [6.45, 7) is 0.787. The van der Waals surface area contributed by atoms with Crippen LogP contribution in [0.3, 0.4) is 0 Å². The van der Waals surface area contributed by atoms with Crippen molar-refractivity contribution in [3.8, 4) is 0 Å². The fraction of sp³-hybridized carbons (Fsp3) is 0.600. The van der Waals surface area contributed by atoms with Gasteiger partial charge >= 0.3 is 0 Å². The highest BCUT2D eigenvalue weighted by Crippen LogP contribution is 2.33. The molecule has 1 unspecified atom stereocenters. The minimum atomic E-state index is 0.664. The van der Waals surface area contributed by atoms with E-state index in [0.717, 1.165) is 13.0 Å². The zero-order chi connectivity index (χ0) is 8.39. The number of fused-ring (bicyclic) bond motifs is 1. The molecule has 66 valence electrons. The van der Waals surface area contributed by atoms with Crippen LogP contribution in [-0.2, 0) is 6.42 Å². The zero-order valence-corrected chi connectivity index (χ0v) is 7.25. The van der Waals surface area contributed by atoms with E-state index in [1.807, 2.05) is 12.5 Å². The van der Waals surface area contributed by atoms with Crippen molar-refractivity contribution in [2.45, 2.75) is 31.6 Å². The molecule has 0 fully saturated rings. The first-order valence-electron chi connectivity index (χ1n) is 4.67. The van der Waals surface area contributed by atoms with Gasteiger partial charge in [-0.25, -0.2) is 0 Å². The highest BCUT2D eigenvalue weighted by molar-refractivity contribution is 5.27. The molecule has 1 aromatic heterocycles. The minimum Gasteiger partial charge on any atom is -0.472 e. The van der Waals surface area contributed by atoms with Crippen LogP contribution in [0.15, 0.2) is 16.9 Å². The smallest absolute Gasteiger partial charge is 0.0940 e. The van der Waals surface area contributed by atoms with Crippen molar-refractivity contribution < 1.29 is 4.42 Å². The molecule has 1 aliphatic carbocycles. The molecular weight excluding hydrogens is 150 g/mol. The van der Waals surface area contributed by atoms with E-state index < -0.39 is 0 Å². The molecule has 2 heteroatoms. The maximum Gasteiger partial charge on any atom is 0.0940 e. The van der Waals surface area contributed by atoms with Crippen molar-refractivity contribution in [2.24, 2.45) is 5.73 Å². The van der Waals surface area contributed by atoms with E-state index >= 15 is 0 Å². The third-order valence-electron chi connectivity index (χ3n) is 2.73. The first-order valence-corrected chi connectivity index (χ1v) is 4.67. The second kappa shape index (κ2) is 3.31. The van der Waals surface area contributed by atoms with Crippen LogP contribution in [0.5, 0.6) is 0 Å². The third-order valence-corrected chi connectivity index (χ3v) is 2.73. The van der Waals surface area contributed by atoms with Crippen molar-refractivity contribution >= 4 is 0 Å². The SMILES string of the molecule is NCCC1CCCc2cocc21. The van der Waals surface area contributed by atoms with Crippen molar-refractivity contribution in [3.63, 3.8) is 0 Å². The topological polar surface area (TPSA) is 39.2 Å². The number of hydrogen-bond donors (Lipinski definition) is 1. The van der Waals surface area contributed by atoms with Gasteiger partial charge in [0.05, 0.1) is 12.5 Å². The average molecular weight is 165 g/mol. The monoisotopic (exact) mass is 165 g/mol. The maximum atomic E-state index is 5.55. The lowest BCUT2D eigenvalue weighted by Gasteiger charge is -2.20. The number of aryl methyl sites for hydroxylation is 1. The van der Waals surface area contributed by atoms with E-state index in [9.17, 15) is 0 Å². The van der Waals surface area contributed by atoms with Gasteiger partial charge in [-0.15, -0.1) is 0 Å². The summed E-state index contributed by atoms with van der Waals surface area (Å²) >= 11 is 0. The Bertz CT molecular complexity index is 254. The number of hydrogen-bond acceptors (Lipinski definition) is 2. The molecule has 1 heterocycles. The molecule has 1 atom stereocenters. The van der Waals surface area contributed by atoms with Gasteiger partial charge in [0.15, 0.2) is 0 Å². The lowest BCUT2D eigenvalue weighted by molar-refractivity contribution is 0.523. The van der Waals surface area contributed by atoms with Gasteiger partial charge < -0.3 is 10.2 Å². The standard InChI is InChI=1S/C10H15NO/c11-5-4-8-2-1-3-9-6-12-7-10(8)9/h6-8H,1-5,11H2. The van der Waals surface area contributed by atoms with Crippen LogP contribution in [-0.4, -0.2) is 6.54 Å². The molecule has 12 heavy (non-hydrogen) atoms. The Morgan fingerprint density at radius 1 is 1.50 bits per heavy atom. The molecule has 2 nitrogen and oxygen atoms in total. The van der Waals surface area contributed by atoms with Crippen LogP contribution >= 0.6 is 0 Å². The Labute approximate surface area is 72.7 Å². The van der Waals surface area contributed by atoms with Crippen LogP contribution in [0.4, 0.5) is 0 Å². The molecule has 2 N–H and O–H groups in total. The van der Waals surface area contributed by atoms with Gasteiger partial charge in [-0.1, -0.05) is 0 Å². The van der Waals surface area contributed by atoms with Gasteiger partial charge in [0.1, 0.15) is 0 Å². The lowest BCUT2D eigenvalue weighted by Crippen LogP contribution is -2.12. The normalized spacial score (nSPS) is 22.2. The van der Waals surface area contributed by atoms with E-state index in [1.54, 1.807) is 0 Å². The summed E-state index contributed by atoms with van der Waals surface area (Å²) in [6.07, 6.45) is 8.65. The first kappa shape index (κ1) is 7.87. The van der Waals surface area contributed by atoms with Crippen molar-refractivity contribution in [3.05, 3.63) is 23.7 Å². The van der Waals surface area contributed by atoms with Gasteiger partial charge in [0.2, 0.25) is 0 Å². The molecule has 1 aliphatic rings. The minimum absolute atomic E-state index is 0.664. The fourth-order valence-corrected chi connectivity index (χ4v) is 2.09. The summed E-state index contributed by atoms with van der Waals surface area (Å²) in [5.74, 6) is 0.664. The lowest BCUT2D eigenvalue weighted by atomic mass is 9.84. The average Bonchev–Trinajstić information content (AvgIpc) is 2.53. The highest BCUT2D eigenvalue weighted by atomic mass is 16.3. The molecular formula is C10H15NO. The summed E-state index contributed by atoms with van der Waals surface area (Å²) in [5, 5.41) is 0. The van der Waals surface area contributed by atoms with Crippen molar-refractivity contribution in [1.82, 2.24) is 0 Å². The maximum absolute atomic E-state index is 5.55. The molecule has 0 radical (unpaired) electrons. The molecule has 0 bridgehead atoms. The highest BCUT2D eigenvalue weighted by Gasteiger charge is 2.20. The quantitative estimate of drug-likeness (QED) is 0.728. The summed E-state index contributed by atoms with van der Waals surface area (Å²) in [5.41, 5.74) is 8.37. The number of furan rings is 1. The van der Waals surface area contributed by atoms with Gasteiger partial charge in [0, 0.05) is 0 Å². The number of rotatable bonds is 2. The second-order valence-electron chi connectivity index (χ2n) is 3.52. The van der Waals surface area contributed by atoms with Gasteiger partial charge in [-0.3, -0.25) is 0 Å². The summed E-state index contributed by atoms with van der Waals surface area (Å²) in [7, 11) is 0. The molecule has 0 aliphatic heterocycles. The molecule has 0 spiro atoms. The fourth-order valence-electron chi connectivity index (χ4n) is 2.09. The Morgan fingerprint density at radius 2 is 2.42 bits per heavy atom.